The van der Waals surface area contributed by atoms with Gasteiger partial charge in [0.05, 0.1) is 12.0 Å². The van der Waals surface area contributed by atoms with Crippen LogP contribution >= 0.6 is 0 Å². The van der Waals surface area contributed by atoms with Crippen LogP contribution in [0.15, 0.2) is 82.5 Å². The summed E-state index contributed by atoms with van der Waals surface area (Å²) < 4.78 is 33.9. The van der Waals surface area contributed by atoms with E-state index in [0.29, 0.717) is 23.3 Å². The van der Waals surface area contributed by atoms with Crippen molar-refractivity contribution in [3.63, 3.8) is 0 Å². The molecule has 0 atom stereocenters. The van der Waals surface area contributed by atoms with Gasteiger partial charge in [-0.25, -0.2) is 8.42 Å². The minimum Gasteiger partial charge on any atom is -0.497 e. The zero-order chi connectivity index (χ0) is 24.3. The Morgan fingerprint density at radius 3 is 2.38 bits per heavy atom. The van der Waals surface area contributed by atoms with Crippen LogP contribution in [-0.2, 0) is 23.0 Å². The van der Waals surface area contributed by atoms with Gasteiger partial charge in [0.2, 0.25) is 10.0 Å². The quantitative estimate of drug-likeness (QED) is 0.404. The van der Waals surface area contributed by atoms with Gasteiger partial charge in [-0.05, 0) is 62.2 Å². The molecule has 1 heterocycles. The van der Waals surface area contributed by atoms with E-state index in [1.807, 2.05) is 44.2 Å². The minimum atomic E-state index is -3.82. The summed E-state index contributed by atoms with van der Waals surface area (Å²) in [5, 5.41) is 0.778. The van der Waals surface area contributed by atoms with Crippen molar-refractivity contribution in [2.45, 2.75) is 31.7 Å². The number of fused-ring (bicyclic) bond motifs is 1. The normalized spacial score (nSPS) is 11.8. The monoisotopic (exact) mass is 476 g/mol. The van der Waals surface area contributed by atoms with Crippen LogP contribution in [0.5, 0.6) is 5.75 Å². The molecule has 0 amide bonds. The Bertz CT molecular complexity index is 1480. The standard InChI is InChI=1S/C27H28N2O4S/c1-19-7-10-25(11-8-19)34(31,32)29(14-13-21-6-4-5-20(2)15-21)18-23-16-22-17-24(33-3)9-12-26(22)28-27(23)30/h4-12,15-17H,13-14,18H2,1-3H3,(H,28,30). The van der Waals surface area contributed by atoms with Crippen molar-refractivity contribution in [1.29, 1.82) is 0 Å². The molecule has 34 heavy (non-hydrogen) atoms. The lowest BCUT2D eigenvalue weighted by Gasteiger charge is -2.22. The SMILES string of the molecule is COc1ccc2[nH]c(=O)c(CN(CCc3cccc(C)c3)S(=O)(=O)c3ccc(C)cc3)cc2c1. The highest BCUT2D eigenvalue weighted by molar-refractivity contribution is 7.89. The Labute approximate surface area is 199 Å². The number of nitrogens with one attached hydrogen (secondary N) is 1. The maximum absolute atomic E-state index is 13.6. The first-order valence-electron chi connectivity index (χ1n) is 11.1. The summed E-state index contributed by atoms with van der Waals surface area (Å²) in [6, 6.07) is 21.9. The predicted octanol–water partition coefficient (Wildman–Crippen LogP) is 4.59. The third kappa shape index (κ3) is 5.21. The summed E-state index contributed by atoms with van der Waals surface area (Å²) in [6.07, 6.45) is 0.534. The number of aryl methyl sites for hydroxylation is 2. The maximum Gasteiger partial charge on any atom is 0.252 e. The van der Waals surface area contributed by atoms with Crippen LogP contribution in [0, 0.1) is 13.8 Å². The molecule has 0 saturated carbocycles. The van der Waals surface area contributed by atoms with Crippen molar-refractivity contribution in [1.82, 2.24) is 9.29 Å². The average molecular weight is 477 g/mol. The van der Waals surface area contributed by atoms with E-state index >= 15 is 0 Å². The molecule has 0 bridgehead atoms. The second kappa shape index (κ2) is 9.83. The van der Waals surface area contributed by atoms with Gasteiger partial charge >= 0.3 is 0 Å². The molecule has 6 nitrogen and oxygen atoms in total. The van der Waals surface area contributed by atoms with Crippen molar-refractivity contribution in [2.75, 3.05) is 13.7 Å². The zero-order valence-corrected chi connectivity index (χ0v) is 20.4. The van der Waals surface area contributed by atoms with Crippen molar-refractivity contribution in [3.8, 4) is 5.75 Å². The predicted molar refractivity (Wildman–Crippen MR) is 135 cm³/mol. The number of aromatic nitrogens is 1. The average Bonchev–Trinajstić information content (AvgIpc) is 2.82. The fourth-order valence-corrected chi connectivity index (χ4v) is 5.35. The van der Waals surface area contributed by atoms with Crippen LogP contribution < -0.4 is 10.3 Å². The van der Waals surface area contributed by atoms with E-state index < -0.39 is 10.0 Å². The Morgan fingerprint density at radius 2 is 1.68 bits per heavy atom. The van der Waals surface area contributed by atoms with E-state index in [9.17, 15) is 13.2 Å². The van der Waals surface area contributed by atoms with Crippen molar-refractivity contribution in [3.05, 3.63) is 105 Å². The Balaban J connectivity index is 1.72. The Kier molecular flexibility index (Phi) is 6.86. The molecule has 7 heteroatoms. The third-order valence-electron chi connectivity index (χ3n) is 5.87. The van der Waals surface area contributed by atoms with E-state index in [-0.39, 0.29) is 23.5 Å². The van der Waals surface area contributed by atoms with E-state index in [2.05, 4.69) is 4.98 Å². The topological polar surface area (TPSA) is 79.5 Å². The number of pyridine rings is 1. The van der Waals surface area contributed by atoms with Gasteiger partial charge in [-0.15, -0.1) is 0 Å². The molecule has 0 aliphatic heterocycles. The lowest BCUT2D eigenvalue weighted by Crippen LogP contribution is -2.34. The first-order chi connectivity index (χ1) is 16.3. The molecule has 1 N–H and O–H groups in total. The first-order valence-corrected chi connectivity index (χ1v) is 12.5. The molecule has 1 aromatic heterocycles. The van der Waals surface area contributed by atoms with Crippen LogP contribution in [0.25, 0.3) is 10.9 Å². The van der Waals surface area contributed by atoms with Gasteiger partial charge in [0, 0.05) is 29.6 Å². The molecule has 0 unspecified atom stereocenters. The molecule has 176 valence electrons. The summed E-state index contributed by atoms with van der Waals surface area (Å²) in [5.74, 6) is 0.661. The van der Waals surface area contributed by atoms with Crippen LogP contribution in [0.3, 0.4) is 0 Å². The van der Waals surface area contributed by atoms with Crippen molar-refractivity contribution in [2.24, 2.45) is 0 Å². The first kappa shape index (κ1) is 23.7. The Hall–Kier alpha value is -3.42. The highest BCUT2D eigenvalue weighted by Gasteiger charge is 2.25. The summed E-state index contributed by atoms with van der Waals surface area (Å²) in [5.41, 5.74) is 3.87. The van der Waals surface area contributed by atoms with Crippen LogP contribution in [-0.4, -0.2) is 31.4 Å². The van der Waals surface area contributed by atoms with Gasteiger partial charge in [0.15, 0.2) is 0 Å². The van der Waals surface area contributed by atoms with Crippen LogP contribution in [0.4, 0.5) is 0 Å². The number of hydrogen-bond donors (Lipinski definition) is 1. The zero-order valence-electron chi connectivity index (χ0n) is 19.5. The van der Waals surface area contributed by atoms with Crippen LogP contribution in [0.1, 0.15) is 22.3 Å². The number of aromatic amines is 1. The smallest absolute Gasteiger partial charge is 0.252 e. The summed E-state index contributed by atoms with van der Waals surface area (Å²) in [4.78, 5) is 15.9. The molecule has 0 radical (unpaired) electrons. The molecular formula is C27H28N2O4S. The minimum absolute atomic E-state index is 0.0372. The number of methoxy groups -OCH3 is 1. The Morgan fingerprint density at radius 1 is 0.912 bits per heavy atom. The number of ether oxygens (including phenoxy) is 1. The highest BCUT2D eigenvalue weighted by atomic mass is 32.2. The molecule has 3 aromatic carbocycles. The number of sulfonamides is 1. The van der Waals surface area contributed by atoms with Gasteiger partial charge < -0.3 is 9.72 Å². The number of benzene rings is 3. The van der Waals surface area contributed by atoms with Gasteiger partial charge in [-0.3, -0.25) is 4.79 Å². The molecule has 0 aliphatic carbocycles. The molecule has 4 rings (SSSR count). The molecule has 0 aliphatic rings. The van der Waals surface area contributed by atoms with E-state index in [1.165, 1.54) is 4.31 Å². The van der Waals surface area contributed by atoms with Gasteiger partial charge in [0.1, 0.15) is 5.75 Å². The maximum atomic E-state index is 13.6. The second-order valence-corrected chi connectivity index (χ2v) is 10.4. The molecule has 0 saturated heterocycles. The van der Waals surface area contributed by atoms with Crippen molar-refractivity contribution >= 4 is 20.9 Å². The fraction of sp³-hybridized carbons (Fsp3) is 0.222. The molecule has 4 aromatic rings. The van der Waals surface area contributed by atoms with E-state index in [4.69, 9.17) is 4.74 Å². The fourth-order valence-electron chi connectivity index (χ4n) is 3.93. The van der Waals surface area contributed by atoms with Gasteiger partial charge in [0.25, 0.3) is 5.56 Å². The van der Waals surface area contributed by atoms with Gasteiger partial charge in [-0.2, -0.15) is 4.31 Å². The number of hydrogen-bond acceptors (Lipinski definition) is 4. The van der Waals surface area contributed by atoms with Crippen molar-refractivity contribution < 1.29 is 13.2 Å². The second-order valence-electron chi connectivity index (χ2n) is 8.47. The van der Waals surface area contributed by atoms with E-state index in [0.717, 1.165) is 22.1 Å². The van der Waals surface area contributed by atoms with Crippen LogP contribution in [0.2, 0.25) is 0 Å². The van der Waals surface area contributed by atoms with Gasteiger partial charge in [-0.1, -0.05) is 47.5 Å². The summed E-state index contributed by atoms with van der Waals surface area (Å²) in [7, 11) is -2.24. The molecule has 0 spiro atoms. The molecule has 0 fully saturated rings. The molecular weight excluding hydrogens is 448 g/mol. The lowest BCUT2D eigenvalue weighted by atomic mass is 10.1. The summed E-state index contributed by atoms with van der Waals surface area (Å²) >= 11 is 0. The number of H-pyrrole nitrogens is 1. The number of rotatable bonds is 8. The lowest BCUT2D eigenvalue weighted by molar-refractivity contribution is 0.408. The number of nitrogens with zero attached hydrogens (tertiary/aromatic N) is 1. The summed E-state index contributed by atoms with van der Waals surface area (Å²) in [6.45, 7) is 4.13. The third-order valence-corrected chi connectivity index (χ3v) is 7.73. The van der Waals surface area contributed by atoms with E-state index in [1.54, 1.807) is 49.6 Å². The highest BCUT2D eigenvalue weighted by Crippen LogP contribution is 2.22. The largest absolute Gasteiger partial charge is 0.497 e.